The number of phenolic OH excluding ortho intramolecular Hbond substituents is 1. The van der Waals surface area contributed by atoms with Crippen molar-refractivity contribution in [1.82, 2.24) is 16.0 Å². The molecule has 200 valence electrons. The Morgan fingerprint density at radius 2 is 1.39 bits per heavy atom. The van der Waals surface area contributed by atoms with Gasteiger partial charge in [-0.3, -0.25) is 19.2 Å². The molecule has 36 heavy (non-hydrogen) atoms. The minimum Gasteiger partial charge on any atom is -0.508 e. The Bertz CT molecular complexity index is 935. The van der Waals surface area contributed by atoms with Gasteiger partial charge in [-0.25, -0.2) is 4.79 Å². The number of amides is 3. The van der Waals surface area contributed by atoms with Crippen LogP contribution in [0.1, 0.15) is 46.1 Å². The van der Waals surface area contributed by atoms with Crippen molar-refractivity contribution in [2.75, 3.05) is 0 Å². The normalized spacial score (nSPS) is 15.2. The van der Waals surface area contributed by atoms with Crippen LogP contribution < -0.4 is 21.7 Å². The molecule has 0 bridgehead atoms. The summed E-state index contributed by atoms with van der Waals surface area (Å²) in [5.41, 5.74) is 6.33. The number of carboxylic acid groups (broad SMARTS) is 2. The van der Waals surface area contributed by atoms with Crippen molar-refractivity contribution in [3.05, 3.63) is 29.8 Å². The Morgan fingerprint density at radius 3 is 1.86 bits per heavy atom. The fourth-order valence-corrected chi connectivity index (χ4v) is 3.24. The molecule has 0 aliphatic rings. The predicted octanol–water partition coefficient (Wildman–Crippen LogP) is -0.0222. The van der Waals surface area contributed by atoms with Crippen molar-refractivity contribution < 1.29 is 39.3 Å². The van der Waals surface area contributed by atoms with E-state index in [1.807, 2.05) is 0 Å². The van der Waals surface area contributed by atoms with Gasteiger partial charge in [-0.2, -0.15) is 0 Å². The summed E-state index contributed by atoms with van der Waals surface area (Å²) in [6.07, 6.45) is -0.389. The van der Waals surface area contributed by atoms with E-state index in [4.69, 9.17) is 5.73 Å². The number of carbonyl (C=O) groups is 5. The average molecular weight is 509 g/mol. The fourth-order valence-electron chi connectivity index (χ4n) is 3.24. The van der Waals surface area contributed by atoms with Crippen LogP contribution in [0, 0.1) is 11.8 Å². The number of nitrogens with one attached hydrogen (secondary N) is 3. The molecule has 1 rings (SSSR count). The average Bonchev–Trinajstić information content (AvgIpc) is 2.81. The number of carboxylic acids is 2. The number of aromatic hydroxyl groups is 1. The molecule has 0 aliphatic heterocycles. The summed E-state index contributed by atoms with van der Waals surface area (Å²) in [5, 5.41) is 35.5. The van der Waals surface area contributed by atoms with Crippen LogP contribution in [-0.2, 0) is 30.4 Å². The van der Waals surface area contributed by atoms with E-state index in [1.54, 1.807) is 27.7 Å². The molecule has 5 unspecified atom stereocenters. The molecule has 0 fully saturated rings. The van der Waals surface area contributed by atoms with Gasteiger partial charge in [-0.1, -0.05) is 46.2 Å². The van der Waals surface area contributed by atoms with E-state index in [0.29, 0.717) is 12.0 Å². The van der Waals surface area contributed by atoms with Gasteiger partial charge in [0, 0.05) is 6.42 Å². The smallest absolute Gasteiger partial charge is 0.326 e. The number of carbonyl (C=O) groups excluding carboxylic acids is 3. The van der Waals surface area contributed by atoms with Crippen molar-refractivity contribution in [3.63, 3.8) is 0 Å². The maximum atomic E-state index is 13.1. The van der Waals surface area contributed by atoms with E-state index in [9.17, 15) is 39.3 Å². The van der Waals surface area contributed by atoms with Gasteiger partial charge < -0.3 is 37.0 Å². The minimum atomic E-state index is -1.53. The topological polar surface area (TPSA) is 208 Å². The van der Waals surface area contributed by atoms with Gasteiger partial charge in [0.2, 0.25) is 17.7 Å². The van der Waals surface area contributed by atoms with Crippen LogP contribution >= 0.6 is 0 Å². The lowest BCUT2D eigenvalue weighted by atomic mass is 9.98. The van der Waals surface area contributed by atoms with E-state index in [1.165, 1.54) is 24.3 Å². The Balaban J connectivity index is 3.21. The highest BCUT2D eigenvalue weighted by molar-refractivity contribution is 5.95. The second kappa shape index (κ2) is 14.0. The maximum Gasteiger partial charge on any atom is 0.326 e. The molecule has 0 saturated heterocycles. The van der Waals surface area contributed by atoms with Crippen molar-refractivity contribution in [2.45, 2.75) is 71.1 Å². The number of hydrogen-bond acceptors (Lipinski definition) is 7. The van der Waals surface area contributed by atoms with Crippen molar-refractivity contribution >= 4 is 29.7 Å². The molecule has 12 nitrogen and oxygen atoms in total. The summed E-state index contributed by atoms with van der Waals surface area (Å²) < 4.78 is 0. The molecule has 1 aromatic carbocycles. The number of benzene rings is 1. The summed E-state index contributed by atoms with van der Waals surface area (Å²) in [5.74, 6) is -5.79. The molecule has 3 amide bonds. The van der Waals surface area contributed by atoms with Crippen LogP contribution in [0.3, 0.4) is 0 Å². The first kappa shape index (κ1) is 30.4. The van der Waals surface area contributed by atoms with Crippen molar-refractivity contribution in [2.24, 2.45) is 17.6 Å². The van der Waals surface area contributed by atoms with Gasteiger partial charge in [-0.05, 0) is 29.5 Å². The van der Waals surface area contributed by atoms with Gasteiger partial charge >= 0.3 is 11.9 Å². The molecular formula is C24H36N4O8. The van der Waals surface area contributed by atoms with Crippen LogP contribution in [0.4, 0.5) is 0 Å². The van der Waals surface area contributed by atoms with Gasteiger partial charge in [-0.15, -0.1) is 0 Å². The molecule has 12 heteroatoms. The van der Waals surface area contributed by atoms with E-state index >= 15 is 0 Å². The Morgan fingerprint density at radius 1 is 0.861 bits per heavy atom. The zero-order valence-corrected chi connectivity index (χ0v) is 20.9. The second-order valence-electron chi connectivity index (χ2n) is 9.07. The number of aliphatic carboxylic acids is 2. The summed E-state index contributed by atoms with van der Waals surface area (Å²) in [6, 6.07) is 0.752. The summed E-state index contributed by atoms with van der Waals surface area (Å²) in [7, 11) is 0. The highest BCUT2D eigenvalue weighted by atomic mass is 16.4. The third kappa shape index (κ3) is 9.53. The molecule has 0 heterocycles. The predicted molar refractivity (Wildman–Crippen MR) is 130 cm³/mol. The Labute approximate surface area is 209 Å². The lowest BCUT2D eigenvalue weighted by Crippen LogP contribution is -2.58. The molecule has 0 aromatic heterocycles. The summed E-state index contributed by atoms with van der Waals surface area (Å²) in [6.45, 7) is 6.79. The van der Waals surface area contributed by atoms with Crippen molar-refractivity contribution in [3.8, 4) is 5.75 Å². The molecule has 0 spiro atoms. The van der Waals surface area contributed by atoms with Gasteiger partial charge in [0.1, 0.15) is 23.9 Å². The maximum absolute atomic E-state index is 13.1. The molecule has 0 aliphatic carbocycles. The Kier molecular flexibility index (Phi) is 11.8. The van der Waals surface area contributed by atoms with E-state index in [2.05, 4.69) is 16.0 Å². The third-order valence-electron chi connectivity index (χ3n) is 5.82. The fraction of sp³-hybridized carbons (Fsp3) is 0.542. The van der Waals surface area contributed by atoms with Crippen LogP contribution in [-0.4, -0.2) is 69.1 Å². The monoisotopic (exact) mass is 508 g/mol. The zero-order valence-electron chi connectivity index (χ0n) is 20.9. The van der Waals surface area contributed by atoms with Gasteiger partial charge in [0.15, 0.2) is 0 Å². The van der Waals surface area contributed by atoms with Gasteiger partial charge in [0.25, 0.3) is 0 Å². The Hall–Kier alpha value is -3.67. The molecule has 0 radical (unpaired) electrons. The molecule has 5 atom stereocenters. The highest BCUT2D eigenvalue weighted by Crippen LogP contribution is 2.13. The van der Waals surface area contributed by atoms with Crippen LogP contribution in [0.25, 0.3) is 0 Å². The number of hydrogen-bond donors (Lipinski definition) is 7. The lowest BCUT2D eigenvalue weighted by molar-refractivity contribution is -0.144. The summed E-state index contributed by atoms with van der Waals surface area (Å²) in [4.78, 5) is 61.5. The van der Waals surface area contributed by atoms with Gasteiger partial charge in [0.05, 0.1) is 12.5 Å². The number of phenols is 1. The first-order valence-corrected chi connectivity index (χ1v) is 11.7. The van der Waals surface area contributed by atoms with Crippen LogP contribution in [0.5, 0.6) is 5.75 Å². The third-order valence-corrected chi connectivity index (χ3v) is 5.82. The van der Waals surface area contributed by atoms with Crippen LogP contribution in [0.15, 0.2) is 24.3 Å². The highest BCUT2D eigenvalue weighted by Gasteiger charge is 2.33. The molecule has 8 N–H and O–H groups in total. The lowest BCUT2D eigenvalue weighted by Gasteiger charge is -2.26. The zero-order chi connectivity index (χ0) is 27.6. The first-order valence-electron chi connectivity index (χ1n) is 11.7. The summed E-state index contributed by atoms with van der Waals surface area (Å²) >= 11 is 0. The van der Waals surface area contributed by atoms with E-state index < -0.39 is 66.2 Å². The SMILES string of the molecule is CCC(C)C(NC(=O)C(Cc1ccc(O)cc1)NC(=O)C(CC(=O)O)NC(=O)C(N)C(C)C)C(=O)O. The van der Waals surface area contributed by atoms with E-state index in [-0.39, 0.29) is 18.1 Å². The van der Waals surface area contributed by atoms with Crippen molar-refractivity contribution in [1.29, 1.82) is 0 Å². The molecule has 1 aromatic rings. The molecular weight excluding hydrogens is 472 g/mol. The standard InChI is InChI=1S/C24H36N4O8/c1-5-13(4)20(24(35)36)28-22(33)16(10-14-6-8-15(29)9-7-14)26-21(32)17(11-18(30)31)27-23(34)19(25)12(2)3/h6-9,12-13,16-17,19-20,29H,5,10-11,25H2,1-4H3,(H,26,32)(H,27,34)(H,28,33)(H,30,31)(H,35,36). The molecule has 0 saturated carbocycles. The first-order chi connectivity index (χ1) is 16.8. The largest absolute Gasteiger partial charge is 0.508 e. The quantitative estimate of drug-likeness (QED) is 0.180. The second-order valence-corrected chi connectivity index (χ2v) is 9.07. The van der Waals surface area contributed by atoms with Crippen LogP contribution in [0.2, 0.25) is 0 Å². The minimum absolute atomic E-state index is 0.0165. The number of nitrogens with two attached hydrogens (primary N) is 1. The van der Waals surface area contributed by atoms with E-state index in [0.717, 1.165) is 0 Å². The number of rotatable bonds is 14.